The molecule has 1 aliphatic rings. The van der Waals surface area contributed by atoms with Crippen LogP contribution in [0.4, 0.5) is 4.79 Å². The van der Waals surface area contributed by atoms with Gasteiger partial charge in [0.2, 0.25) is 0 Å². The molecule has 0 radical (unpaired) electrons. The van der Waals surface area contributed by atoms with E-state index in [0.717, 1.165) is 11.1 Å². The van der Waals surface area contributed by atoms with Gasteiger partial charge in [-0.15, -0.1) is 6.42 Å². The number of nitrogens with one attached hydrogen (secondary N) is 1. The first kappa shape index (κ1) is 18.6. The molecule has 142 valence electrons. The van der Waals surface area contributed by atoms with Gasteiger partial charge in [-0.1, -0.05) is 78.7 Å². The van der Waals surface area contributed by atoms with Gasteiger partial charge in [0.25, 0.3) is 0 Å². The molecule has 1 amide bonds. The molecule has 1 N–H and O–H groups in total. The first-order valence-electron chi connectivity index (χ1n) is 9.58. The Morgan fingerprint density at radius 1 is 1.00 bits per heavy atom. The highest BCUT2D eigenvalue weighted by molar-refractivity contribution is 5.79. The fourth-order valence-corrected chi connectivity index (χ4v) is 3.72. The zero-order valence-corrected chi connectivity index (χ0v) is 16.0. The van der Waals surface area contributed by atoms with E-state index in [0.29, 0.717) is 13.2 Å². The molecular formula is C26H21NO2. The molecule has 0 atom stereocenters. The van der Waals surface area contributed by atoms with Crippen molar-refractivity contribution in [2.75, 3.05) is 13.2 Å². The molecule has 0 aliphatic heterocycles. The van der Waals surface area contributed by atoms with Crippen molar-refractivity contribution in [3.63, 3.8) is 0 Å². The molecule has 0 unspecified atom stereocenters. The van der Waals surface area contributed by atoms with Gasteiger partial charge in [0.05, 0.1) is 0 Å². The SMILES string of the molecule is C#Cc1cccc(C=CCNC(=O)OCC2c3ccccc3-c3ccccc32)c1. The van der Waals surface area contributed by atoms with Crippen LogP contribution >= 0.6 is 0 Å². The number of ether oxygens (including phenoxy) is 1. The van der Waals surface area contributed by atoms with E-state index in [1.165, 1.54) is 22.3 Å². The summed E-state index contributed by atoms with van der Waals surface area (Å²) >= 11 is 0. The first-order valence-corrected chi connectivity index (χ1v) is 9.58. The maximum atomic E-state index is 12.1. The van der Waals surface area contributed by atoms with Gasteiger partial charge in [-0.05, 0) is 39.9 Å². The minimum Gasteiger partial charge on any atom is -0.449 e. The quantitative estimate of drug-likeness (QED) is 0.617. The van der Waals surface area contributed by atoms with Gasteiger partial charge in [0.1, 0.15) is 6.61 Å². The van der Waals surface area contributed by atoms with E-state index in [2.05, 4.69) is 35.5 Å². The molecule has 0 aromatic heterocycles. The normalized spacial score (nSPS) is 12.2. The molecule has 3 heteroatoms. The standard InChI is InChI=1S/C26H21NO2/c1-2-19-9-7-10-20(17-19)11-8-16-27-26(28)29-18-25-23-14-5-3-12-21(23)22-13-4-6-15-24(22)25/h1,3-15,17,25H,16,18H2,(H,27,28). The van der Waals surface area contributed by atoms with Gasteiger partial charge >= 0.3 is 6.09 Å². The van der Waals surface area contributed by atoms with Crippen LogP contribution in [0.1, 0.15) is 28.2 Å². The number of rotatable bonds is 5. The van der Waals surface area contributed by atoms with Gasteiger partial charge in [-0.3, -0.25) is 0 Å². The zero-order chi connectivity index (χ0) is 20.1. The fraction of sp³-hybridized carbons (Fsp3) is 0.115. The molecule has 3 aromatic rings. The zero-order valence-electron chi connectivity index (χ0n) is 16.0. The van der Waals surface area contributed by atoms with Crippen LogP contribution in [0.25, 0.3) is 17.2 Å². The van der Waals surface area contributed by atoms with Crippen LogP contribution in [-0.2, 0) is 4.74 Å². The monoisotopic (exact) mass is 379 g/mol. The molecule has 0 bridgehead atoms. The van der Waals surface area contributed by atoms with E-state index in [1.807, 2.05) is 60.7 Å². The van der Waals surface area contributed by atoms with Crippen molar-refractivity contribution in [1.29, 1.82) is 0 Å². The van der Waals surface area contributed by atoms with E-state index in [1.54, 1.807) is 0 Å². The average Bonchev–Trinajstić information content (AvgIpc) is 3.09. The second-order valence-corrected chi connectivity index (χ2v) is 6.88. The van der Waals surface area contributed by atoms with Crippen molar-refractivity contribution in [3.8, 4) is 23.5 Å². The summed E-state index contributed by atoms with van der Waals surface area (Å²) in [6, 6.07) is 24.3. The average molecular weight is 379 g/mol. The van der Waals surface area contributed by atoms with Gasteiger partial charge in [-0.2, -0.15) is 0 Å². The Bertz CT molecular complexity index is 1060. The number of terminal acetylenes is 1. The Morgan fingerprint density at radius 2 is 1.69 bits per heavy atom. The molecule has 3 nitrogen and oxygen atoms in total. The summed E-state index contributed by atoms with van der Waals surface area (Å²) in [5, 5.41) is 2.77. The lowest BCUT2D eigenvalue weighted by Gasteiger charge is -2.14. The maximum Gasteiger partial charge on any atom is 0.407 e. The van der Waals surface area contributed by atoms with Crippen molar-refractivity contribution < 1.29 is 9.53 Å². The van der Waals surface area contributed by atoms with Gasteiger partial charge < -0.3 is 10.1 Å². The van der Waals surface area contributed by atoms with Crippen molar-refractivity contribution in [2.24, 2.45) is 0 Å². The third-order valence-electron chi connectivity index (χ3n) is 5.07. The largest absolute Gasteiger partial charge is 0.449 e. The third-order valence-corrected chi connectivity index (χ3v) is 5.07. The van der Waals surface area contributed by atoms with E-state index < -0.39 is 6.09 Å². The summed E-state index contributed by atoms with van der Waals surface area (Å²) in [6.07, 6.45) is 8.78. The lowest BCUT2D eigenvalue weighted by atomic mass is 9.98. The second kappa shape index (κ2) is 8.50. The Kier molecular flexibility index (Phi) is 5.45. The minimum atomic E-state index is -0.422. The molecule has 4 rings (SSSR count). The summed E-state index contributed by atoms with van der Waals surface area (Å²) in [6.45, 7) is 0.699. The number of benzene rings is 3. The summed E-state index contributed by atoms with van der Waals surface area (Å²) in [5.41, 5.74) is 6.67. The molecule has 0 fully saturated rings. The molecule has 0 spiro atoms. The summed E-state index contributed by atoms with van der Waals surface area (Å²) < 4.78 is 5.52. The van der Waals surface area contributed by atoms with Crippen molar-refractivity contribution in [2.45, 2.75) is 5.92 Å². The number of alkyl carbamates (subject to hydrolysis) is 1. The molecule has 0 heterocycles. The van der Waals surface area contributed by atoms with Gasteiger partial charge in [-0.25, -0.2) is 4.79 Å². The number of carbonyl (C=O) groups excluding carboxylic acids is 1. The maximum absolute atomic E-state index is 12.1. The predicted molar refractivity (Wildman–Crippen MR) is 116 cm³/mol. The Morgan fingerprint density at radius 3 is 2.38 bits per heavy atom. The molecule has 29 heavy (non-hydrogen) atoms. The van der Waals surface area contributed by atoms with Crippen LogP contribution in [0.2, 0.25) is 0 Å². The van der Waals surface area contributed by atoms with Crippen LogP contribution in [-0.4, -0.2) is 19.2 Å². The molecular weight excluding hydrogens is 358 g/mol. The third kappa shape index (κ3) is 4.07. The molecule has 0 saturated heterocycles. The summed E-state index contributed by atoms with van der Waals surface area (Å²) in [5.74, 6) is 2.67. The van der Waals surface area contributed by atoms with E-state index in [4.69, 9.17) is 11.2 Å². The van der Waals surface area contributed by atoms with Crippen molar-refractivity contribution in [3.05, 3.63) is 101 Å². The Labute approximate surface area is 171 Å². The Hall–Kier alpha value is -3.77. The van der Waals surface area contributed by atoms with Gasteiger partial charge in [0.15, 0.2) is 0 Å². The summed E-state index contributed by atoms with van der Waals surface area (Å²) in [7, 11) is 0. The van der Waals surface area contributed by atoms with Crippen LogP contribution < -0.4 is 5.32 Å². The lowest BCUT2D eigenvalue weighted by molar-refractivity contribution is 0.144. The smallest absolute Gasteiger partial charge is 0.407 e. The highest BCUT2D eigenvalue weighted by Gasteiger charge is 2.28. The molecule has 3 aromatic carbocycles. The van der Waals surface area contributed by atoms with Crippen LogP contribution in [0, 0.1) is 12.3 Å². The minimum absolute atomic E-state index is 0.0650. The second-order valence-electron chi connectivity index (χ2n) is 6.88. The fourth-order valence-electron chi connectivity index (χ4n) is 3.72. The van der Waals surface area contributed by atoms with Crippen LogP contribution in [0.5, 0.6) is 0 Å². The van der Waals surface area contributed by atoms with Crippen LogP contribution in [0.15, 0.2) is 78.9 Å². The predicted octanol–water partition coefficient (Wildman–Crippen LogP) is 5.22. The Balaban J connectivity index is 1.33. The molecule has 1 aliphatic carbocycles. The topological polar surface area (TPSA) is 38.3 Å². The number of amides is 1. The lowest BCUT2D eigenvalue weighted by Crippen LogP contribution is -2.26. The highest BCUT2D eigenvalue weighted by atomic mass is 16.5. The van der Waals surface area contributed by atoms with E-state index >= 15 is 0 Å². The van der Waals surface area contributed by atoms with Crippen LogP contribution in [0.3, 0.4) is 0 Å². The summed E-state index contributed by atoms with van der Waals surface area (Å²) in [4.78, 5) is 12.1. The highest BCUT2D eigenvalue weighted by Crippen LogP contribution is 2.44. The number of carbonyl (C=O) groups is 1. The number of hydrogen-bond acceptors (Lipinski definition) is 2. The van der Waals surface area contributed by atoms with Crippen molar-refractivity contribution in [1.82, 2.24) is 5.32 Å². The van der Waals surface area contributed by atoms with Crippen molar-refractivity contribution >= 4 is 12.2 Å². The van der Waals surface area contributed by atoms with Gasteiger partial charge in [0, 0.05) is 18.0 Å². The van der Waals surface area contributed by atoms with E-state index in [9.17, 15) is 4.79 Å². The molecule has 0 saturated carbocycles. The number of hydrogen-bond donors (Lipinski definition) is 1. The number of fused-ring (bicyclic) bond motifs is 3. The van der Waals surface area contributed by atoms with E-state index in [-0.39, 0.29) is 5.92 Å². The first-order chi connectivity index (χ1) is 14.3.